The molecule has 5 nitrogen and oxygen atoms in total. The second-order valence-corrected chi connectivity index (χ2v) is 4.72. The van der Waals surface area contributed by atoms with Crippen LogP contribution in [0.15, 0.2) is 24.3 Å². The van der Waals surface area contributed by atoms with Gasteiger partial charge in [-0.2, -0.15) is 0 Å². The van der Waals surface area contributed by atoms with Gasteiger partial charge in [0.15, 0.2) is 0 Å². The lowest BCUT2D eigenvalue weighted by Gasteiger charge is -2.03. The van der Waals surface area contributed by atoms with Crippen LogP contribution in [0.3, 0.4) is 0 Å². The van der Waals surface area contributed by atoms with Crippen molar-refractivity contribution in [1.82, 2.24) is 0 Å². The molecule has 84 valence electrons. The van der Waals surface area contributed by atoms with Crippen LogP contribution in [0.25, 0.3) is 0 Å². The zero-order valence-electron chi connectivity index (χ0n) is 8.30. The maximum atomic E-state index is 10.8. The number of benzene rings is 1. The lowest BCUT2D eigenvalue weighted by molar-refractivity contribution is -0.111. The number of rotatable bonds is 3. The summed E-state index contributed by atoms with van der Waals surface area (Å²) in [7, 11) is -3.54. The largest absolute Gasteiger partial charge is 0.315 e. The van der Waals surface area contributed by atoms with E-state index in [1.54, 1.807) is 24.3 Å². The number of carbonyl (C=O) groups excluding carboxylic acids is 1. The Morgan fingerprint density at radius 2 is 1.94 bits per heavy atom. The predicted octanol–water partition coefficient (Wildman–Crippen LogP) is 0.0468. The average Bonchev–Trinajstić information content (AvgIpc) is 2.18. The Bertz CT molecular complexity index is 526. The van der Waals surface area contributed by atoms with Gasteiger partial charge in [-0.1, -0.05) is 12.1 Å². The van der Waals surface area contributed by atoms with E-state index in [-0.39, 0.29) is 5.75 Å². The van der Waals surface area contributed by atoms with E-state index in [4.69, 9.17) is 11.6 Å². The molecule has 0 fully saturated rings. The number of carbonyl (C=O) groups is 1. The summed E-state index contributed by atoms with van der Waals surface area (Å²) in [4.78, 5) is 10.8. The highest BCUT2D eigenvalue weighted by Gasteiger charge is 2.05. The fraction of sp³-hybridized carbons (Fsp3) is 0.100. The number of primary sulfonamides is 1. The molecule has 0 aliphatic heterocycles. The van der Waals surface area contributed by atoms with E-state index in [0.29, 0.717) is 11.3 Å². The molecule has 0 unspecified atom stereocenters. The van der Waals surface area contributed by atoms with Crippen LogP contribution in [-0.4, -0.2) is 14.3 Å². The van der Waals surface area contributed by atoms with Crippen LogP contribution in [0.5, 0.6) is 0 Å². The van der Waals surface area contributed by atoms with Crippen LogP contribution in [0.2, 0.25) is 0 Å². The monoisotopic (exact) mass is 238 g/mol. The van der Waals surface area contributed by atoms with E-state index in [2.05, 4.69) is 5.32 Å². The van der Waals surface area contributed by atoms with E-state index in [0.717, 1.165) is 0 Å². The Balaban J connectivity index is 2.77. The number of sulfonamides is 1. The highest BCUT2D eigenvalue weighted by molar-refractivity contribution is 7.88. The van der Waals surface area contributed by atoms with Crippen molar-refractivity contribution in [2.24, 2.45) is 5.14 Å². The minimum atomic E-state index is -3.54. The molecular weight excluding hydrogens is 228 g/mol. The first-order valence-electron chi connectivity index (χ1n) is 4.28. The average molecular weight is 238 g/mol. The molecule has 1 aromatic carbocycles. The molecule has 0 atom stereocenters. The summed E-state index contributed by atoms with van der Waals surface area (Å²) in [5.41, 5.74) is 1.04. The third-order valence-electron chi connectivity index (χ3n) is 1.71. The fourth-order valence-electron chi connectivity index (χ4n) is 1.08. The molecule has 0 radical (unpaired) electrons. The summed E-state index contributed by atoms with van der Waals surface area (Å²) in [6, 6.07) is 6.21. The topological polar surface area (TPSA) is 89.3 Å². The molecule has 1 amide bonds. The number of hydrogen-bond donors (Lipinski definition) is 2. The molecule has 0 aliphatic carbocycles. The first kappa shape index (κ1) is 12.2. The van der Waals surface area contributed by atoms with Gasteiger partial charge in [-0.3, -0.25) is 4.79 Å². The molecule has 1 rings (SSSR count). The predicted molar refractivity (Wildman–Crippen MR) is 60.7 cm³/mol. The van der Waals surface area contributed by atoms with Crippen molar-refractivity contribution in [3.63, 3.8) is 0 Å². The van der Waals surface area contributed by atoms with Gasteiger partial charge in [0, 0.05) is 5.69 Å². The molecule has 0 saturated heterocycles. The molecule has 0 aromatic heterocycles. The lowest BCUT2D eigenvalue weighted by atomic mass is 10.2. The third kappa shape index (κ3) is 4.13. The zero-order chi connectivity index (χ0) is 12.2. The minimum absolute atomic E-state index is 0.240. The van der Waals surface area contributed by atoms with Gasteiger partial charge in [-0.15, -0.1) is 6.42 Å². The number of hydrogen-bond acceptors (Lipinski definition) is 3. The van der Waals surface area contributed by atoms with E-state index >= 15 is 0 Å². The molecule has 1 aromatic rings. The van der Waals surface area contributed by atoms with Crippen LogP contribution in [0, 0.1) is 12.3 Å². The highest BCUT2D eigenvalue weighted by Crippen LogP contribution is 2.10. The summed E-state index contributed by atoms with van der Waals surface area (Å²) < 4.78 is 21.6. The van der Waals surface area contributed by atoms with Crippen molar-refractivity contribution in [2.75, 3.05) is 5.32 Å². The molecule has 0 aliphatic rings. The SMILES string of the molecule is C#CC(=O)Nc1ccc(CS(N)(=O)=O)cc1. The lowest BCUT2D eigenvalue weighted by Crippen LogP contribution is -2.14. The first-order chi connectivity index (χ1) is 7.40. The smallest absolute Gasteiger partial charge is 0.300 e. The van der Waals surface area contributed by atoms with Gasteiger partial charge < -0.3 is 5.32 Å². The molecule has 0 bridgehead atoms. The Hall–Kier alpha value is -1.84. The Kier molecular flexibility index (Phi) is 3.66. The summed E-state index contributed by atoms with van der Waals surface area (Å²) in [6.07, 6.45) is 4.88. The number of terminal acetylenes is 1. The first-order valence-corrected chi connectivity index (χ1v) is 5.99. The standard InChI is InChI=1S/C10H10N2O3S/c1-2-10(13)12-9-5-3-8(4-6-9)7-16(11,14)15/h1,3-6H,7H2,(H,12,13)(H2,11,14,15). The third-order valence-corrected chi connectivity index (χ3v) is 2.45. The van der Waals surface area contributed by atoms with Crippen LogP contribution >= 0.6 is 0 Å². The molecule has 16 heavy (non-hydrogen) atoms. The highest BCUT2D eigenvalue weighted by atomic mass is 32.2. The Labute approximate surface area is 93.7 Å². The van der Waals surface area contributed by atoms with Crippen molar-refractivity contribution in [1.29, 1.82) is 0 Å². The van der Waals surface area contributed by atoms with Crippen molar-refractivity contribution >= 4 is 21.6 Å². The molecule has 0 heterocycles. The molecule has 0 spiro atoms. The number of anilines is 1. The molecule has 3 N–H and O–H groups in total. The van der Waals surface area contributed by atoms with Gasteiger partial charge in [-0.25, -0.2) is 13.6 Å². The Morgan fingerprint density at radius 3 is 2.38 bits per heavy atom. The van der Waals surface area contributed by atoms with Crippen molar-refractivity contribution < 1.29 is 13.2 Å². The Morgan fingerprint density at radius 1 is 1.38 bits per heavy atom. The van der Waals surface area contributed by atoms with E-state index in [1.165, 1.54) is 0 Å². The summed E-state index contributed by atoms with van der Waals surface area (Å²) >= 11 is 0. The quantitative estimate of drug-likeness (QED) is 0.729. The minimum Gasteiger partial charge on any atom is -0.315 e. The van der Waals surface area contributed by atoms with Crippen molar-refractivity contribution in [3.8, 4) is 12.3 Å². The second kappa shape index (κ2) is 4.79. The van der Waals surface area contributed by atoms with E-state index < -0.39 is 15.9 Å². The van der Waals surface area contributed by atoms with Crippen LogP contribution < -0.4 is 10.5 Å². The fourth-order valence-corrected chi connectivity index (χ4v) is 1.74. The molecular formula is C10H10N2O3S. The summed E-state index contributed by atoms with van der Waals surface area (Å²) in [5.74, 6) is 1.10. The number of nitrogens with one attached hydrogen (secondary N) is 1. The van der Waals surface area contributed by atoms with Crippen molar-refractivity contribution in [2.45, 2.75) is 5.75 Å². The molecule has 6 heteroatoms. The van der Waals surface area contributed by atoms with Gasteiger partial charge in [0.05, 0.1) is 5.75 Å². The van der Waals surface area contributed by atoms with E-state index in [9.17, 15) is 13.2 Å². The number of nitrogens with two attached hydrogens (primary N) is 1. The van der Waals surface area contributed by atoms with Gasteiger partial charge in [-0.05, 0) is 23.6 Å². The number of amides is 1. The normalized spacial score (nSPS) is 10.5. The summed E-state index contributed by atoms with van der Waals surface area (Å²) in [6.45, 7) is 0. The van der Waals surface area contributed by atoms with Crippen LogP contribution in [-0.2, 0) is 20.6 Å². The van der Waals surface area contributed by atoms with Crippen molar-refractivity contribution in [3.05, 3.63) is 29.8 Å². The maximum Gasteiger partial charge on any atom is 0.300 e. The van der Waals surface area contributed by atoms with Gasteiger partial charge >= 0.3 is 0 Å². The molecule has 0 saturated carbocycles. The summed E-state index contributed by atoms with van der Waals surface area (Å²) in [5, 5.41) is 7.31. The maximum absolute atomic E-state index is 10.8. The zero-order valence-corrected chi connectivity index (χ0v) is 9.12. The van der Waals surface area contributed by atoms with E-state index in [1.807, 2.05) is 5.92 Å². The second-order valence-electron chi connectivity index (χ2n) is 3.10. The van der Waals surface area contributed by atoms with Crippen LogP contribution in [0.4, 0.5) is 5.69 Å². The van der Waals surface area contributed by atoms with Gasteiger partial charge in [0.25, 0.3) is 5.91 Å². The van der Waals surface area contributed by atoms with Gasteiger partial charge in [0.2, 0.25) is 10.0 Å². The van der Waals surface area contributed by atoms with Crippen LogP contribution in [0.1, 0.15) is 5.56 Å². The van der Waals surface area contributed by atoms with Gasteiger partial charge in [0.1, 0.15) is 0 Å².